The molecule has 0 unspecified atom stereocenters. The van der Waals surface area contributed by atoms with Gasteiger partial charge in [0.15, 0.2) is 0 Å². The van der Waals surface area contributed by atoms with Crippen LogP contribution in [0.4, 0.5) is 0 Å². The van der Waals surface area contributed by atoms with Gasteiger partial charge in [0.2, 0.25) is 0 Å². The lowest BCUT2D eigenvalue weighted by Gasteiger charge is -2.21. The van der Waals surface area contributed by atoms with E-state index in [0.29, 0.717) is 6.61 Å². The Labute approximate surface area is 280 Å². The van der Waals surface area contributed by atoms with Gasteiger partial charge < -0.3 is 10.0 Å². The monoisotopic (exact) mass is 622 g/mol. The van der Waals surface area contributed by atoms with E-state index in [9.17, 15) is 5.11 Å². The van der Waals surface area contributed by atoms with Crippen molar-refractivity contribution in [1.82, 2.24) is 4.90 Å². The van der Waals surface area contributed by atoms with Crippen molar-refractivity contribution in [2.45, 2.75) is 245 Å². The summed E-state index contributed by atoms with van der Waals surface area (Å²) in [6.07, 6.45) is 51.8. The lowest BCUT2D eigenvalue weighted by Crippen LogP contribution is -2.29. The van der Waals surface area contributed by atoms with Gasteiger partial charge in [-0.05, 0) is 25.9 Å². The Morgan fingerprint density at radius 1 is 0.250 bits per heavy atom. The molecule has 0 heterocycles. The Kier molecular flexibility index (Phi) is 40.9. The largest absolute Gasteiger partial charge is 0.395 e. The number of unbranched alkanes of at least 4 members (excludes halogenated alkanes) is 34. The zero-order chi connectivity index (χ0) is 31.9. The predicted octanol–water partition coefficient (Wildman–Crippen LogP) is 14.4. The first-order chi connectivity index (χ1) is 21.8. The summed E-state index contributed by atoms with van der Waals surface area (Å²) in [4.78, 5) is 2.53. The van der Waals surface area contributed by atoms with Crippen LogP contribution >= 0.6 is 0 Å². The lowest BCUT2D eigenvalue weighted by atomic mass is 10.0. The van der Waals surface area contributed by atoms with Crippen molar-refractivity contribution in [3.8, 4) is 0 Å². The number of nitrogens with zero attached hydrogens (tertiary/aromatic N) is 1. The second-order valence-electron chi connectivity index (χ2n) is 14.6. The minimum atomic E-state index is 0.318. The molecule has 0 atom stereocenters. The first-order valence-electron chi connectivity index (χ1n) is 21.2. The van der Waals surface area contributed by atoms with Crippen molar-refractivity contribution in [3.05, 3.63) is 0 Å². The van der Waals surface area contributed by atoms with Gasteiger partial charge in [-0.1, -0.05) is 232 Å². The van der Waals surface area contributed by atoms with Crippen LogP contribution in [0.25, 0.3) is 0 Å². The van der Waals surface area contributed by atoms with Crippen molar-refractivity contribution < 1.29 is 5.11 Å². The number of hydrogen-bond donors (Lipinski definition) is 1. The molecule has 0 rings (SSSR count). The van der Waals surface area contributed by atoms with Gasteiger partial charge in [-0.15, -0.1) is 0 Å². The van der Waals surface area contributed by atoms with Crippen LogP contribution in [0.5, 0.6) is 0 Å². The van der Waals surface area contributed by atoms with E-state index in [-0.39, 0.29) is 0 Å². The van der Waals surface area contributed by atoms with Crippen LogP contribution in [0.2, 0.25) is 0 Å². The molecular formula is C42H87NO. The van der Waals surface area contributed by atoms with Crippen LogP contribution in [0.1, 0.15) is 245 Å². The number of hydrogen-bond acceptors (Lipinski definition) is 2. The van der Waals surface area contributed by atoms with E-state index in [1.54, 1.807) is 0 Å². The Morgan fingerprint density at radius 2 is 0.432 bits per heavy atom. The van der Waals surface area contributed by atoms with E-state index in [1.807, 2.05) is 0 Å². The van der Waals surface area contributed by atoms with E-state index in [2.05, 4.69) is 18.7 Å². The minimum Gasteiger partial charge on any atom is -0.395 e. The van der Waals surface area contributed by atoms with Gasteiger partial charge in [-0.25, -0.2) is 0 Å². The maximum Gasteiger partial charge on any atom is 0.0558 e. The zero-order valence-corrected chi connectivity index (χ0v) is 31.2. The van der Waals surface area contributed by atoms with Crippen molar-refractivity contribution in [3.63, 3.8) is 0 Å². The van der Waals surface area contributed by atoms with Crippen LogP contribution in [-0.2, 0) is 0 Å². The summed E-state index contributed by atoms with van der Waals surface area (Å²) >= 11 is 0. The van der Waals surface area contributed by atoms with E-state index in [1.165, 1.54) is 244 Å². The average Bonchev–Trinajstić information content (AvgIpc) is 3.03. The fraction of sp³-hybridized carbons (Fsp3) is 1.00. The summed E-state index contributed by atoms with van der Waals surface area (Å²) in [6, 6.07) is 0. The number of aliphatic hydroxyl groups excluding tert-OH is 1. The van der Waals surface area contributed by atoms with Crippen molar-refractivity contribution in [2.24, 2.45) is 0 Å². The van der Waals surface area contributed by atoms with Crippen LogP contribution in [0.15, 0.2) is 0 Å². The first kappa shape index (κ1) is 43.9. The maximum absolute atomic E-state index is 9.50. The highest BCUT2D eigenvalue weighted by Crippen LogP contribution is 2.16. The number of aliphatic hydroxyl groups is 1. The molecular weight excluding hydrogens is 534 g/mol. The molecule has 0 aliphatic heterocycles. The van der Waals surface area contributed by atoms with Crippen LogP contribution in [0, 0.1) is 0 Å². The molecule has 2 nitrogen and oxygen atoms in total. The van der Waals surface area contributed by atoms with Gasteiger partial charge in [0, 0.05) is 6.54 Å². The standard InChI is InChI=1S/C42H87NO/c1-3-5-7-9-11-13-15-17-19-21-23-25-27-29-31-33-35-37-39-43(41-42-44)40-38-36-34-32-30-28-26-24-22-20-18-16-14-12-10-8-6-4-2/h44H,3-42H2,1-2H3. The average molecular weight is 622 g/mol. The SMILES string of the molecule is CCCCCCCCCCCCCCCCCCCCN(CCO)CCCCCCCCCCCCCCCCCCCC. The minimum absolute atomic E-state index is 0.318. The van der Waals surface area contributed by atoms with Crippen LogP contribution < -0.4 is 0 Å². The normalized spacial score (nSPS) is 11.7. The molecule has 44 heavy (non-hydrogen) atoms. The molecule has 2 heteroatoms. The highest BCUT2D eigenvalue weighted by molar-refractivity contribution is 4.59. The summed E-state index contributed by atoms with van der Waals surface area (Å²) in [6.45, 7) is 8.18. The molecule has 0 amide bonds. The van der Waals surface area contributed by atoms with Gasteiger partial charge >= 0.3 is 0 Å². The summed E-state index contributed by atoms with van der Waals surface area (Å²) in [5, 5.41) is 9.50. The van der Waals surface area contributed by atoms with E-state index in [4.69, 9.17) is 0 Å². The Bertz CT molecular complexity index is 440. The molecule has 0 aliphatic carbocycles. The molecule has 0 aromatic heterocycles. The number of rotatable bonds is 40. The third-order valence-corrected chi connectivity index (χ3v) is 10.1. The second kappa shape index (κ2) is 40.9. The van der Waals surface area contributed by atoms with Gasteiger partial charge in [0.05, 0.1) is 6.61 Å². The third kappa shape index (κ3) is 38.1. The van der Waals surface area contributed by atoms with Crippen molar-refractivity contribution >= 4 is 0 Å². The molecule has 0 aliphatic rings. The van der Waals surface area contributed by atoms with Gasteiger partial charge in [0.25, 0.3) is 0 Å². The molecule has 1 N–H and O–H groups in total. The zero-order valence-electron chi connectivity index (χ0n) is 31.2. The second-order valence-corrected chi connectivity index (χ2v) is 14.6. The molecule has 0 radical (unpaired) electrons. The smallest absolute Gasteiger partial charge is 0.0558 e. The highest BCUT2D eigenvalue weighted by Gasteiger charge is 2.04. The molecule has 0 saturated heterocycles. The summed E-state index contributed by atoms with van der Waals surface area (Å²) < 4.78 is 0. The molecule has 0 aromatic carbocycles. The fourth-order valence-corrected chi connectivity index (χ4v) is 6.95. The van der Waals surface area contributed by atoms with Crippen molar-refractivity contribution in [1.29, 1.82) is 0 Å². The maximum atomic E-state index is 9.50. The van der Waals surface area contributed by atoms with E-state index >= 15 is 0 Å². The predicted molar refractivity (Wildman–Crippen MR) is 201 cm³/mol. The topological polar surface area (TPSA) is 23.5 Å². The lowest BCUT2D eigenvalue weighted by molar-refractivity contribution is 0.190. The van der Waals surface area contributed by atoms with Crippen molar-refractivity contribution in [2.75, 3.05) is 26.2 Å². The van der Waals surface area contributed by atoms with E-state index in [0.717, 1.165) is 6.54 Å². The van der Waals surface area contributed by atoms with Crippen LogP contribution in [-0.4, -0.2) is 36.2 Å². The Hall–Kier alpha value is -0.0800. The summed E-state index contributed by atoms with van der Waals surface area (Å²) in [5.74, 6) is 0. The Morgan fingerprint density at radius 3 is 0.614 bits per heavy atom. The highest BCUT2D eigenvalue weighted by atomic mass is 16.3. The Balaban J connectivity index is 3.33. The quantitative estimate of drug-likeness (QED) is 0.0688. The van der Waals surface area contributed by atoms with E-state index < -0.39 is 0 Å². The van der Waals surface area contributed by atoms with Crippen LogP contribution in [0.3, 0.4) is 0 Å². The van der Waals surface area contributed by atoms with Gasteiger partial charge in [-0.2, -0.15) is 0 Å². The molecule has 0 fully saturated rings. The molecule has 0 saturated carbocycles. The summed E-state index contributed by atoms with van der Waals surface area (Å²) in [5.41, 5.74) is 0. The molecule has 266 valence electrons. The molecule has 0 aromatic rings. The van der Waals surface area contributed by atoms with Gasteiger partial charge in [0.1, 0.15) is 0 Å². The summed E-state index contributed by atoms with van der Waals surface area (Å²) in [7, 11) is 0. The fourth-order valence-electron chi connectivity index (χ4n) is 6.95. The first-order valence-corrected chi connectivity index (χ1v) is 21.2. The molecule has 0 spiro atoms. The molecule has 0 bridgehead atoms. The third-order valence-electron chi connectivity index (χ3n) is 10.1. The van der Waals surface area contributed by atoms with Gasteiger partial charge in [-0.3, -0.25) is 0 Å².